The van der Waals surface area contributed by atoms with Crippen molar-refractivity contribution in [3.63, 3.8) is 0 Å². The lowest BCUT2D eigenvalue weighted by Crippen LogP contribution is -2.40. The maximum atomic E-state index is 11.9. The van der Waals surface area contributed by atoms with Gasteiger partial charge in [-0.15, -0.1) is 0 Å². The van der Waals surface area contributed by atoms with E-state index in [0.29, 0.717) is 0 Å². The molecule has 0 aliphatic rings. The molecule has 1 rings (SSSR count). The third-order valence-corrected chi connectivity index (χ3v) is 2.31. The minimum Gasteiger partial charge on any atom is -0.315 e. The Morgan fingerprint density at radius 1 is 1.27 bits per heavy atom. The van der Waals surface area contributed by atoms with Crippen LogP contribution in [0.5, 0.6) is 0 Å². The zero-order valence-electron chi connectivity index (χ0n) is 9.45. The van der Waals surface area contributed by atoms with Crippen LogP contribution in [0.25, 0.3) is 0 Å². The zero-order chi connectivity index (χ0) is 11.5. The van der Waals surface area contributed by atoms with Gasteiger partial charge >= 0.3 is 0 Å². The molecule has 15 heavy (non-hydrogen) atoms. The maximum Gasteiger partial charge on any atom is 0.179 e. The van der Waals surface area contributed by atoms with Crippen molar-refractivity contribution in [2.24, 2.45) is 5.73 Å². The second kappa shape index (κ2) is 4.41. The highest BCUT2D eigenvalue weighted by atomic mass is 16.1. The smallest absolute Gasteiger partial charge is 0.179 e. The van der Waals surface area contributed by atoms with E-state index in [1.807, 2.05) is 44.2 Å². The van der Waals surface area contributed by atoms with Crippen LogP contribution in [0.3, 0.4) is 0 Å². The van der Waals surface area contributed by atoms with Crippen LogP contribution in [0, 0.1) is 0 Å². The standard InChI is InChI=1S/C13H17NO/c1-10(2)9-12(15)13(3,14)11-7-5-4-6-8-11/h4-9H,14H2,1-3H3. The fourth-order valence-electron chi connectivity index (χ4n) is 1.34. The number of carbonyl (C=O) groups excluding carboxylic acids is 1. The summed E-state index contributed by atoms with van der Waals surface area (Å²) in [5, 5.41) is 0. The van der Waals surface area contributed by atoms with Crippen LogP contribution >= 0.6 is 0 Å². The highest BCUT2D eigenvalue weighted by Gasteiger charge is 2.28. The Balaban J connectivity index is 3.03. The molecule has 0 radical (unpaired) electrons. The van der Waals surface area contributed by atoms with E-state index >= 15 is 0 Å². The molecule has 0 saturated carbocycles. The van der Waals surface area contributed by atoms with E-state index in [2.05, 4.69) is 0 Å². The van der Waals surface area contributed by atoms with Gasteiger partial charge in [0.25, 0.3) is 0 Å². The van der Waals surface area contributed by atoms with Gasteiger partial charge in [-0.05, 0) is 32.4 Å². The molecule has 2 N–H and O–H groups in total. The fourth-order valence-corrected chi connectivity index (χ4v) is 1.34. The number of allylic oxidation sites excluding steroid dienone is 1. The van der Waals surface area contributed by atoms with Crippen LogP contribution in [-0.2, 0) is 10.3 Å². The molecule has 0 aliphatic carbocycles. The molecular weight excluding hydrogens is 186 g/mol. The van der Waals surface area contributed by atoms with Crippen molar-refractivity contribution < 1.29 is 4.79 Å². The summed E-state index contributed by atoms with van der Waals surface area (Å²) >= 11 is 0. The molecule has 0 aliphatic heterocycles. The first-order valence-electron chi connectivity index (χ1n) is 4.98. The Kier molecular flexibility index (Phi) is 3.43. The van der Waals surface area contributed by atoms with E-state index < -0.39 is 5.54 Å². The fraction of sp³-hybridized carbons (Fsp3) is 0.308. The molecule has 0 amide bonds. The lowest BCUT2D eigenvalue weighted by Gasteiger charge is -2.22. The molecule has 0 spiro atoms. The molecule has 1 atom stereocenters. The average molecular weight is 203 g/mol. The van der Waals surface area contributed by atoms with Crippen molar-refractivity contribution in [1.29, 1.82) is 0 Å². The van der Waals surface area contributed by atoms with E-state index in [1.165, 1.54) is 0 Å². The number of carbonyl (C=O) groups is 1. The third-order valence-electron chi connectivity index (χ3n) is 2.31. The van der Waals surface area contributed by atoms with Gasteiger partial charge in [-0.3, -0.25) is 4.79 Å². The van der Waals surface area contributed by atoms with Crippen LogP contribution in [-0.4, -0.2) is 5.78 Å². The number of hydrogen-bond acceptors (Lipinski definition) is 2. The van der Waals surface area contributed by atoms with Crippen LogP contribution < -0.4 is 5.73 Å². The molecule has 0 fully saturated rings. The summed E-state index contributed by atoms with van der Waals surface area (Å²) in [6, 6.07) is 9.42. The van der Waals surface area contributed by atoms with Gasteiger partial charge in [-0.25, -0.2) is 0 Å². The van der Waals surface area contributed by atoms with Gasteiger partial charge in [-0.2, -0.15) is 0 Å². The zero-order valence-corrected chi connectivity index (χ0v) is 9.45. The molecule has 0 saturated heterocycles. The summed E-state index contributed by atoms with van der Waals surface area (Å²) in [6.45, 7) is 5.52. The van der Waals surface area contributed by atoms with E-state index in [0.717, 1.165) is 11.1 Å². The molecule has 2 nitrogen and oxygen atoms in total. The number of nitrogens with two attached hydrogens (primary N) is 1. The van der Waals surface area contributed by atoms with Crippen molar-refractivity contribution in [1.82, 2.24) is 0 Å². The van der Waals surface area contributed by atoms with Crippen molar-refractivity contribution in [2.75, 3.05) is 0 Å². The first-order chi connectivity index (χ1) is 6.94. The average Bonchev–Trinajstić information content (AvgIpc) is 2.18. The number of rotatable bonds is 3. The minimum absolute atomic E-state index is 0.0614. The highest BCUT2D eigenvalue weighted by Crippen LogP contribution is 2.19. The van der Waals surface area contributed by atoms with Crippen molar-refractivity contribution in [3.05, 3.63) is 47.5 Å². The molecule has 0 bridgehead atoms. The summed E-state index contributed by atoms with van der Waals surface area (Å²) in [5.41, 5.74) is 6.91. The molecule has 0 aromatic heterocycles. The summed E-state index contributed by atoms with van der Waals surface area (Å²) < 4.78 is 0. The summed E-state index contributed by atoms with van der Waals surface area (Å²) in [5.74, 6) is -0.0614. The Morgan fingerprint density at radius 2 is 1.80 bits per heavy atom. The monoisotopic (exact) mass is 203 g/mol. The second-order valence-corrected chi connectivity index (χ2v) is 4.15. The van der Waals surface area contributed by atoms with Gasteiger partial charge in [0, 0.05) is 0 Å². The summed E-state index contributed by atoms with van der Waals surface area (Å²) in [7, 11) is 0. The lowest BCUT2D eigenvalue weighted by atomic mass is 9.88. The van der Waals surface area contributed by atoms with Crippen molar-refractivity contribution in [2.45, 2.75) is 26.3 Å². The highest BCUT2D eigenvalue weighted by molar-refractivity contribution is 5.98. The van der Waals surface area contributed by atoms with E-state index in [1.54, 1.807) is 13.0 Å². The second-order valence-electron chi connectivity index (χ2n) is 4.15. The Hall–Kier alpha value is -1.41. The molecule has 1 aromatic carbocycles. The Morgan fingerprint density at radius 3 is 2.27 bits per heavy atom. The first-order valence-corrected chi connectivity index (χ1v) is 4.98. The van der Waals surface area contributed by atoms with Gasteiger partial charge in [0.1, 0.15) is 5.54 Å². The van der Waals surface area contributed by atoms with Gasteiger partial charge in [0.05, 0.1) is 0 Å². The number of hydrogen-bond donors (Lipinski definition) is 1. The molecule has 80 valence electrons. The number of ketones is 1. The van der Waals surface area contributed by atoms with Crippen LogP contribution in [0.1, 0.15) is 26.3 Å². The maximum absolute atomic E-state index is 11.9. The molecule has 1 aromatic rings. The Bertz CT molecular complexity index is 373. The van der Waals surface area contributed by atoms with E-state index in [4.69, 9.17) is 5.73 Å². The minimum atomic E-state index is -0.932. The largest absolute Gasteiger partial charge is 0.315 e. The quantitative estimate of drug-likeness (QED) is 0.766. The van der Waals surface area contributed by atoms with E-state index in [-0.39, 0.29) is 5.78 Å². The molecular formula is C13H17NO. The Labute approximate surface area is 90.8 Å². The number of benzene rings is 1. The predicted octanol–water partition coefficient (Wildman–Crippen LogP) is 2.40. The molecule has 0 heterocycles. The third kappa shape index (κ3) is 2.77. The normalized spacial score (nSPS) is 14.1. The van der Waals surface area contributed by atoms with Gasteiger partial charge in [-0.1, -0.05) is 35.9 Å². The van der Waals surface area contributed by atoms with Crippen LogP contribution in [0.2, 0.25) is 0 Å². The summed E-state index contributed by atoms with van der Waals surface area (Å²) in [6.07, 6.45) is 1.59. The summed E-state index contributed by atoms with van der Waals surface area (Å²) in [4.78, 5) is 11.9. The first kappa shape index (κ1) is 11.7. The van der Waals surface area contributed by atoms with Gasteiger partial charge < -0.3 is 5.73 Å². The van der Waals surface area contributed by atoms with Gasteiger partial charge in [0.15, 0.2) is 5.78 Å². The van der Waals surface area contributed by atoms with Crippen molar-refractivity contribution in [3.8, 4) is 0 Å². The topological polar surface area (TPSA) is 43.1 Å². The lowest BCUT2D eigenvalue weighted by molar-refractivity contribution is -0.119. The SMILES string of the molecule is CC(C)=CC(=O)C(C)(N)c1ccccc1. The van der Waals surface area contributed by atoms with Crippen LogP contribution in [0.4, 0.5) is 0 Å². The predicted molar refractivity (Wildman–Crippen MR) is 62.4 cm³/mol. The molecule has 2 heteroatoms. The molecule has 1 unspecified atom stereocenters. The van der Waals surface area contributed by atoms with Crippen molar-refractivity contribution >= 4 is 5.78 Å². The van der Waals surface area contributed by atoms with Crippen LogP contribution in [0.15, 0.2) is 42.0 Å². The van der Waals surface area contributed by atoms with Gasteiger partial charge in [0.2, 0.25) is 0 Å². The van der Waals surface area contributed by atoms with E-state index in [9.17, 15) is 4.79 Å².